The maximum Gasteiger partial charge on any atom is 0.273 e. The summed E-state index contributed by atoms with van der Waals surface area (Å²) in [5, 5.41) is 0.668. The van der Waals surface area contributed by atoms with Gasteiger partial charge in [-0.25, -0.2) is 4.98 Å². The number of aromatic nitrogens is 1. The molecule has 29 heavy (non-hydrogen) atoms. The van der Waals surface area contributed by atoms with Gasteiger partial charge in [0, 0.05) is 6.61 Å². The molecule has 0 radical (unpaired) electrons. The van der Waals surface area contributed by atoms with Gasteiger partial charge in [0.25, 0.3) is 5.91 Å². The lowest BCUT2D eigenvalue weighted by Gasteiger charge is -2.34. The molecule has 0 saturated carbocycles. The van der Waals surface area contributed by atoms with E-state index in [4.69, 9.17) is 19.2 Å². The van der Waals surface area contributed by atoms with Gasteiger partial charge in [0.15, 0.2) is 16.6 Å². The first-order chi connectivity index (χ1) is 14.2. The molecule has 3 atom stereocenters. The smallest absolute Gasteiger partial charge is 0.273 e. The molecule has 150 valence electrons. The lowest BCUT2D eigenvalue weighted by atomic mass is 10.1. The van der Waals surface area contributed by atoms with Gasteiger partial charge in [0.05, 0.1) is 22.9 Å². The summed E-state index contributed by atoms with van der Waals surface area (Å²) in [5.74, 6) is 1.10. The number of anilines is 1. The van der Waals surface area contributed by atoms with Crippen molar-refractivity contribution < 1.29 is 19.0 Å². The molecule has 1 saturated heterocycles. The second-order valence-corrected chi connectivity index (χ2v) is 8.37. The van der Waals surface area contributed by atoms with E-state index in [0.29, 0.717) is 23.2 Å². The molecule has 7 heteroatoms. The summed E-state index contributed by atoms with van der Waals surface area (Å²) in [7, 11) is 0. The van der Waals surface area contributed by atoms with Gasteiger partial charge in [0.1, 0.15) is 6.10 Å². The fourth-order valence-electron chi connectivity index (χ4n) is 3.77. The minimum absolute atomic E-state index is 0.0121. The van der Waals surface area contributed by atoms with E-state index in [1.54, 1.807) is 4.90 Å². The fraction of sp³-hybridized carbons (Fsp3) is 0.364. The molecule has 2 aliphatic rings. The van der Waals surface area contributed by atoms with Crippen molar-refractivity contribution in [1.82, 2.24) is 4.98 Å². The Morgan fingerprint density at radius 3 is 2.66 bits per heavy atom. The van der Waals surface area contributed by atoms with Crippen LogP contribution in [0.4, 0.5) is 5.13 Å². The number of ether oxygens (including phenoxy) is 3. The van der Waals surface area contributed by atoms with E-state index in [2.05, 4.69) is 0 Å². The zero-order valence-electron chi connectivity index (χ0n) is 16.1. The Morgan fingerprint density at radius 2 is 1.90 bits per heavy atom. The van der Waals surface area contributed by atoms with E-state index >= 15 is 0 Å². The van der Waals surface area contributed by atoms with Crippen LogP contribution in [0.15, 0.2) is 48.5 Å². The van der Waals surface area contributed by atoms with Crippen molar-refractivity contribution in [3.63, 3.8) is 0 Å². The summed E-state index contributed by atoms with van der Waals surface area (Å²) in [6.45, 7) is 3.06. The molecule has 0 bridgehead atoms. The van der Waals surface area contributed by atoms with Crippen LogP contribution in [-0.2, 0) is 9.53 Å². The lowest BCUT2D eigenvalue weighted by molar-refractivity contribution is -0.131. The Balaban J connectivity index is 1.47. The molecule has 6 nitrogen and oxygen atoms in total. The topological polar surface area (TPSA) is 60.9 Å². The van der Waals surface area contributed by atoms with E-state index < -0.39 is 12.2 Å². The molecule has 3 aromatic rings. The largest absolute Gasteiger partial charge is 0.482 e. The first-order valence-electron chi connectivity index (χ1n) is 9.90. The molecule has 1 fully saturated rings. The predicted octanol–water partition coefficient (Wildman–Crippen LogP) is 4.04. The van der Waals surface area contributed by atoms with Crippen molar-refractivity contribution >= 4 is 32.6 Å². The first-order valence-corrected chi connectivity index (χ1v) is 10.7. The summed E-state index contributed by atoms with van der Waals surface area (Å²) in [6.07, 6.45) is 0.823. The number of thiazole rings is 1. The number of hydrogen-bond acceptors (Lipinski definition) is 6. The van der Waals surface area contributed by atoms with Gasteiger partial charge in [-0.1, -0.05) is 35.6 Å². The van der Waals surface area contributed by atoms with E-state index in [1.165, 1.54) is 11.3 Å². The standard InChI is InChI=1S/C22H22N2O4S/c1-14-20(28-18-10-4-3-9-17(18)27-14)21(25)24(13-15-7-6-12-26-15)22-23-16-8-2-5-11-19(16)29-22/h2-5,8-11,14-15,20H,6-7,12-13H2,1H3. The van der Waals surface area contributed by atoms with Crippen LogP contribution < -0.4 is 14.4 Å². The van der Waals surface area contributed by atoms with Gasteiger partial charge in [-0.15, -0.1) is 0 Å². The second kappa shape index (κ2) is 7.65. The number of carbonyl (C=O) groups is 1. The minimum atomic E-state index is -0.738. The molecular weight excluding hydrogens is 388 g/mol. The number of rotatable bonds is 4. The Labute approximate surface area is 173 Å². The molecule has 3 unspecified atom stereocenters. The number of fused-ring (bicyclic) bond motifs is 2. The average Bonchev–Trinajstić information content (AvgIpc) is 3.40. The maximum absolute atomic E-state index is 13.6. The van der Waals surface area contributed by atoms with Crippen molar-refractivity contribution in [3.8, 4) is 11.5 Å². The SMILES string of the molecule is CC1Oc2ccccc2OC1C(=O)N(CC1CCCO1)c1nc2ccccc2s1. The van der Waals surface area contributed by atoms with Crippen LogP contribution >= 0.6 is 11.3 Å². The predicted molar refractivity (Wildman–Crippen MR) is 112 cm³/mol. The average molecular weight is 410 g/mol. The Morgan fingerprint density at radius 1 is 1.14 bits per heavy atom. The summed E-state index contributed by atoms with van der Waals surface area (Å²) in [6, 6.07) is 15.4. The highest BCUT2D eigenvalue weighted by Crippen LogP contribution is 2.36. The summed E-state index contributed by atoms with van der Waals surface area (Å²) in [4.78, 5) is 20.0. The number of hydrogen-bond donors (Lipinski definition) is 0. The third-order valence-corrected chi connectivity index (χ3v) is 6.33. The van der Waals surface area contributed by atoms with Crippen LogP contribution in [0.1, 0.15) is 19.8 Å². The van der Waals surface area contributed by atoms with Crippen molar-refractivity contribution in [2.45, 2.75) is 38.1 Å². The van der Waals surface area contributed by atoms with Gasteiger partial charge < -0.3 is 14.2 Å². The Bertz CT molecular complexity index is 997. The Kier molecular flexibility index (Phi) is 4.85. The van der Waals surface area contributed by atoms with Crippen LogP contribution in [-0.4, -0.2) is 42.4 Å². The summed E-state index contributed by atoms with van der Waals surface area (Å²) >= 11 is 1.51. The maximum atomic E-state index is 13.6. The molecular formula is C22H22N2O4S. The summed E-state index contributed by atoms with van der Waals surface area (Å²) in [5.41, 5.74) is 0.886. The number of benzene rings is 2. The van der Waals surface area contributed by atoms with E-state index in [0.717, 1.165) is 29.7 Å². The molecule has 2 aliphatic heterocycles. The molecule has 0 spiro atoms. The van der Waals surface area contributed by atoms with Crippen LogP contribution in [0.3, 0.4) is 0 Å². The zero-order valence-corrected chi connectivity index (χ0v) is 16.9. The van der Waals surface area contributed by atoms with Crippen molar-refractivity contribution in [3.05, 3.63) is 48.5 Å². The number of amides is 1. The van der Waals surface area contributed by atoms with Gasteiger partial charge in [-0.3, -0.25) is 9.69 Å². The van der Waals surface area contributed by atoms with Gasteiger partial charge in [0.2, 0.25) is 6.10 Å². The van der Waals surface area contributed by atoms with Gasteiger partial charge in [-0.05, 0) is 44.0 Å². The monoisotopic (exact) mass is 410 g/mol. The molecule has 1 aromatic heterocycles. The number of carbonyl (C=O) groups excluding carboxylic acids is 1. The Hall–Kier alpha value is -2.64. The molecule has 3 heterocycles. The second-order valence-electron chi connectivity index (χ2n) is 7.36. The highest BCUT2D eigenvalue weighted by Gasteiger charge is 2.39. The zero-order chi connectivity index (χ0) is 19.8. The normalized spacial score (nSPS) is 23.3. The quantitative estimate of drug-likeness (QED) is 0.650. The van der Waals surface area contributed by atoms with Gasteiger partial charge in [-0.2, -0.15) is 0 Å². The van der Waals surface area contributed by atoms with E-state index in [1.807, 2.05) is 55.5 Å². The first kappa shape index (κ1) is 18.4. The minimum Gasteiger partial charge on any atom is -0.482 e. The van der Waals surface area contributed by atoms with Crippen LogP contribution in [0.25, 0.3) is 10.2 Å². The third-order valence-electron chi connectivity index (χ3n) is 5.28. The molecule has 5 rings (SSSR count). The van der Waals surface area contributed by atoms with Crippen LogP contribution in [0, 0.1) is 0 Å². The molecule has 0 aliphatic carbocycles. The molecule has 2 aromatic carbocycles. The molecule has 1 amide bonds. The third kappa shape index (κ3) is 3.56. The highest BCUT2D eigenvalue weighted by molar-refractivity contribution is 7.22. The number of nitrogens with zero attached hydrogens (tertiary/aromatic N) is 2. The lowest BCUT2D eigenvalue weighted by Crippen LogP contribution is -2.52. The summed E-state index contributed by atoms with van der Waals surface area (Å²) < 4.78 is 18.9. The van der Waals surface area contributed by atoms with Crippen LogP contribution in [0.2, 0.25) is 0 Å². The molecule has 0 N–H and O–H groups in total. The highest BCUT2D eigenvalue weighted by atomic mass is 32.1. The fourth-order valence-corrected chi connectivity index (χ4v) is 4.75. The van der Waals surface area contributed by atoms with Crippen LogP contribution in [0.5, 0.6) is 11.5 Å². The van der Waals surface area contributed by atoms with E-state index in [9.17, 15) is 4.79 Å². The van der Waals surface area contributed by atoms with Crippen molar-refractivity contribution in [2.75, 3.05) is 18.1 Å². The van der Waals surface area contributed by atoms with Crippen molar-refractivity contribution in [2.24, 2.45) is 0 Å². The van der Waals surface area contributed by atoms with Crippen molar-refractivity contribution in [1.29, 1.82) is 0 Å². The van der Waals surface area contributed by atoms with Gasteiger partial charge >= 0.3 is 0 Å². The number of para-hydroxylation sites is 3. The van der Waals surface area contributed by atoms with E-state index in [-0.39, 0.29) is 12.0 Å².